The number of carbonyl (C=O) groups excluding carboxylic acids is 1. The minimum absolute atomic E-state index is 0.00312. The number of aliphatic hydroxyl groups excluding tert-OH is 1. The van der Waals surface area contributed by atoms with Crippen molar-refractivity contribution in [3.8, 4) is 0 Å². The van der Waals surface area contributed by atoms with Gasteiger partial charge in [0.1, 0.15) is 13.2 Å². The lowest BCUT2D eigenvalue weighted by Crippen LogP contribution is -2.45. The van der Waals surface area contributed by atoms with E-state index >= 15 is 0 Å². The quantitative estimate of drug-likeness (QED) is 0.0272. The maximum atomic E-state index is 13.1. The molecule has 0 aliphatic rings. The Balaban J connectivity index is 3.97. The van der Waals surface area contributed by atoms with Crippen molar-refractivity contribution in [2.24, 2.45) is 0 Å². The minimum Gasteiger partial charge on any atom is -0.756 e. The lowest BCUT2D eigenvalue weighted by Gasteiger charge is -2.29. The summed E-state index contributed by atoms with van der Waals surface area (Å²) in [6, 6.07) is -0.884. The molecule has 0 heterocycles. The molecule has 0 rings (SSSR count). The average Bonchev–Trinajstić information content (AvgIpc) is 3.56. The number of quaternary nitrogens is 1. The maximum absolute atomic E-state index is 13.1. The average molecular weight is 1210 g/mol. The highest BCUT2D eigenvalue weighted by atomic mass is 31.2. The summed E-state index contributed by atoms with van der Waals surface area (Å²) < 4.78 is 23.5. The predicted octanol–water partition coefficient (Wildman–Crippen LogP) is 23.8. The summed E-state index contributed by atoms with van der Waals surface area (Å²) in [4.78, 5) is 25.7. The van der Waals surface area contributed by atoms with E-state index in [2.05, 4.69) is 19.2 Å². The van der Waals surface area contributed by atoms with E-state index in [1.807, 2.05) is 27.2 Å². The lowest BCUT2D eigenvalue weighted by atomic mass is 10.0. The SMILES string of the molecule is CCCCCCCCCCCCCCCCCCCCCCCCCCCCCC/C=C/C(O)C(COP(=O)([O-])OCC[N+](C)(C)C)NC(=O)CCCCCCCCCCCCCCCCCCCCCCCCCCCCCCCCCC. The summed E-state index contributed by atoms with van der Waals surface area (Å²) >= 11 is 0. The highest BCUT2D eigenvalue weighted by Gasteiger charge is 2.23. The van der Waals surface area contributed by atoms with E-state index < -0.39 is 20.0 Å². The molecule has 2 N–H and O–H groups in total. The number of unbranched alkanes of at least 4 members (excludes halogenated alkanes) is 59. The van der Waals surface area contributed by atoms with E-state index in [1.54, 1.807) is 6.08 Å². The van der Waals surface area contributed by atoms with Crippen LogP contribution in [-0.2, 0) is 18.4 Å². The number of likely N-dealkylation sites (N-methyl/N-ethyl adjacent to an activating group) is 1. The lowest BCUT2D eigenvalue weighted by molar-refractivity contribution is -0.870. The summed E-state index contributed by atoms with van der Waals surface area (Å²) in [5.74, 6) is -0.186. The molecule has 0 bridgehead atoms. The number of allylic oxidation sites excluding steroid dienone is 1. The molecule has 0 saturated heterocycles. The Bertz CT molecular complexity index is 1370. The van der Waals surface area contributed by atoms with Gasteiger partial charge in [-0.25, -0.2) is 0 Å². The number of rotatable bonds is 72. The zero-order valence-corrected chi connectivity index (χ0v) is 58.5. The molecular weight excluding hydrogens is 1060 g/mol. The van der Waals surface area contributed by atoms with Gasteiger partial charge in [0.05, 0.1) is 39.9 Å². The number of nitrogens with zero attached hydrogens (tertiary/aromatic N) is 1. The van der Waals surface area contributed by atoms with Crippen molar-refractivity contribution in [2.75, 3.05) is 40.9 Å². The number of carbonyl (C=O) groups is 1. The summed E-state index contributed by atoms with van der Waals surface area (Å²) in [7, 11) is 1.29. The molecule has 0 aromatic heterocycles. The molecule has 1 amide bonds. The van der Waals surface area contributed by atoms with E-state index in [4.69, 9.17) is 9.05 Å². The van der Waals surface area contributed by atoms with Gasteiger partial charge in [0.15, 0.2) is 0 Å². The van der Waals surface area contributed by atoms with Crippen LogP contribution in [-0.4, -0.2) is 68.5 Å². The van der Waals surface area contributed by atoms with Crippen molar-refractivity contribution in [3.63, 3.8) is 0 Å². The van der Waals surface area contributed by atoms with Gasteiger partial charge in [0, 0.05) is 6.42 Å². The van der Waals surface area contributed by atoms with E-state index in [1.165, 1.54) is 353 Å². The molecule has 0 radical (unpaired) electrons. The van der Waals surface area contributed by atoms with Gasteiger partial charge < -0.3 is 28.8 Å². The zero-order valence-electron chi connectivity index (χ0n) is 57.7. The second kappa shape index (κ2) is 66.7. The molecule has 9 heteroatoms. The van der Waals surface area contributed by atoms with Crippen LogP contribution in [0.4, 0.5) is 0 Å². The molecule has 0 aromatic rings. The predicted molar refractivity (Wildman–Crippen MR) is 367 cm³/mol. The number of phosphoric ester groups is 1. The van der Waals surface area contributed by atoms with Crippen LogP contribution >= 0.6 is 7.82 Å². The van der Waals surface area contributed by atoms with Gasteiger partial charge in [-0.15, -0.1) is 0 Å². The van der Waals surface area contributed by atoms with Crippen molar-refractivity contribution in [1.82, 2.24) is 5.32 Å². The molecule has 502 valence electrons. The van der Waals surface area contributed by atoms with Gasteiger partial charge >= 0.3 is 0 Å². The molecule has 84 heavy (non-hydrogen) atoms. The molecule has 0 aliphatic heterocycles. The van der Waals surface area contributed by atoms with Crippen LogP contribution in [0, 0.1) is 0 Å². The highest BCUT2D eigenvalue weighted by Crippen LogP contribution is 2.38. The number of nitrogens with one attached hydrogen (secondary N) is 1. The fourth-order valence-electron chi connectivity index (χ4n) is 12.1. The number of hydrogen-bond donors (Lipinski definition) is 2. The van der Waals surface area contributed by atoms with E-state index in [0.717, 1.165) is 38.5 Å². The third kappa shape index (κ3) is 68.7. The van der Waals surface area contributed by atoms with Crippen LogP contribution < -0.4 is 10.2 Å². The maximum Gasteiger partial charge on any atom is 0.268 e. The first kappa shape index (κ1) is 83.2. The largest absolute Gasteiger partial charge is 0.756 e. The van der Waals surface area contributed by atoms with Crippen LogP contribution in [0.5, 0.6) is 0 Å². The standard InChI is InChI=1S/C75H151N2O6P/c1-6-8-10-12-14-16-18-20-22-24-26-28-30-32-34-36-38-39-41-43-45-47-49-51-53-55-57-59-61-63-65-67-69-75(79)76-73(72-83-84(80,81)82-71-70-77(3,4)5)74(78)68-66-64-62-60-58-56-54-52-50-48-46-44-42-40-37-35-33-31-29-27-25-23-21-19-17-15-13-11-9-7-2/h66,68,73-74,78H,6-65,67,69-72H2,1-5H3,(H-,76,79,80,81)/b68-66+. The third-order valence-electron chi connectivity index (χ3n) is 18.0. The second-order valence-electron chi connectivity index (χ2n) is 27.7. The van der Waals surface area contributed by atoms with Gasteiger partial charge in [-0.2, -0.15) is 0 Å². The van der Waals surface area contributed by atoms with Gasteiger partial charge in [-0.05, 0) is 19.3 Å². The van der Waals surface area contributed by atoms with E-state index in [0.29, 0.717) is 17.4 Å². The number of amides is 1. The molecule has 0 fully saturated rings. The first-order chi connectivity index (χ1) is 41.0. The fraction of sp³-hybridized carbons (Fsp3) is 0.960. The summed E-state index contributed by atoms with van der Waals surface area (Å²) in [5, 5.41) is 14.0. The Hall–Kier alpha value is -0.760. The summed E-state index contributed by atoms with van der Waals surface area (Å²) in [5.41, 5.74) is 0. The first-order valence-corrected chi connectivity index (χ1v) is 39.5. The van der Waals surface area contributed by atoms with Crippen molar-refractivity contribution in [1.29, 1.82) is 0 Å². The van der Waals surface area contributed by atoms with Crippen molar-refractivity contribution < 1.29 is 32.9 Å². The second-order valence-corrected chi connectivity index (χ2v) is 29.1. The molecule has 0 aliphatic carbocycles. The van der Waals surface area contributed by atoms with Gasteiger partial charge in [-0.3, -0.25) is 9.36 Å². The summed E-state index contributed by atoms with van der Waals surface area (Å²) in [6.07, 6.45) is 86.5. The minimum atomic E-state index is -4.60. The van der Waals surface area contributed by atoms with Gasteiger partial charge in [-0.1, -0.05) is 398 Å². The molecular formula is C75H151N2O6P. The monoisotopic (exact) mass is 1210 g/mol. The van der Waals surface area contributed by atoms with Crippen molar-refractivity contribution in [2.45, 2.75) is 424 Å². The van der Waals surface area contributed by atoms with E-state index in [-0.39, 0.29) is 19.1 Å². The van der Waals surface area contributed by atoms with Crippen LogP contribution in [0.25, 0.3) is 0 Å². The molecule has 0 spiro atoms. The molecule has 3 unspecified atom stereocenters. The third-order valence-corrected chi connectivity index (χ3v) is 19.0. The molecule has 0 aromatic carbocycles. The smallest absolute Gasteiger partial charge is 0.268 e. The molecule has 0 saturated carbocycles. The Labute approximate surface area is 526 Å². The molecule has 8 nitrogen and oxygen atoms in total. The van der Waals surface area contributed by atoms with Crippen molar-refractivity contribution >= 4 is 13.7 Å². The van der Waals surface area contributed by atoms with Crippen LogP contribution in [0.3, 0.4) is 0 Å². The first-order valence-electron chi connectivity index (χ1n) is 38.1. The highest BCUT2D eigenvalue weighted by molar-refractivity contribution is 7.45. The number of hydrogen-bond acceptors (Lipinski definition) is 6. The van der Waals surface area contributed by atoms with E-state index in [9.17, 15) is 19.4 Å². The Morgan fingerprint density at radius 1 is 0.405 bits per heavy atom. The Morgan fingerprint density at radius 2 is 0.643 bits per heavy atom. The van der Waals surface area contributed by atoms with Crippen molar-refractivity contribution in [3.05, 3.63) is 12.2 Å². The van der Waals surface area contributed by atoms with Crippen LogP contribution in [0.15, 0.2) is 12.2 Å². The van der Waals surface area contributed by atoms with Gasteiger partial charge in [0.2, 0.25) is 5.91 Å². The van der Waals surface area contributed by atoms with Crippen LogP contribution in [0.2, 0.25) is 0 Å². The molecule has 3 atom stereocenters. The zero-order chi connectivity index (χ0) is 61.2. The fourth-order valence-corrected chi connectivity index (χ4v) is 12.8. The Kier molecular flexibility index (Phi) is 66.1. The van der Waals surface area contributed by atoms with Crippen LogP contribution in [0.1, 0.15) is 412 Å². The number of phosphoric acid groups is 1. The number of aliphatic hydroxyl groups is 1. The summed E-state index contributed by atoms with van der Waals surface area (Å²) in [6.45, 7) is 4.73. The van der Waals surface area contributed by atoms with Gasteiger partial charge in [0.25, 0.3) is 7.82 Å². The Morgan fingerprint density at radius 3 is 0.893 bits per heavy atom. The normalized spacial score (nSPS) is 13.6. The topological polar surface area (TPSA) is 108 Å².